The van der Waals surface area contributed by atoms with Gasteiger partial charge in [0, 0.05) is 23.8 Å². The molecule has 36 heavy (non-hydrogen) atoms. The number of hydrogen-bond donors (Lipinski definition) is 1. The first-order chi connectivity index (χ1) is 17.1. The molecule has 0 radical (unpaired) electrons. The van der Waals surface area contributed by atoms with E-state index in [4.69, 9.17) is 9.47 Å². The molecule has 8 nitrogen and oxygen atoms in total. The smallest absolute Gasteiger partial charge is 0.336 e. The van der Waals surface area contributed by atoms with Crippen molar-refractivity contribution >= 4 is 35.3 Å². The number of benzene rings is 2. The lowest BCUT2D eigenvalue weighted by Crippen LogP contribution is -2.54. The van der Waals surface area contributed by atoms with Gasteiger partial charge in [0.1, 0.15) is 17.1 Å². The van der Waals surface area contributed by atoms with Crippen LogP contribution in [0.2, 0.25) is 0 Å². The number of barbiturate groups is 1. The van der Waals surface area contributed by atoms with Crippen LogP contribution in [0.1, 0.15) is 57.6 Å². The molecule has 8 heteroatoms. The monoisotopic (exact) mass is 491 g/mol. The van der Waals surface area contributed by atoms with E-state index in [1.54, 1.807) is 24.3 Å². The molecule has 2 heterocycles. The molecule has 4 amide bonds. The fraction of sp³-hybridized carbons (Fsp3) is 0.393. The summed E-state index contributed by atoms with van der Waals surface area (Å²) < 4.78 is 10.6. The summed E-state index contributed by atoms with van der Waals surface area (Å²) in [5.74, 6) is -0.345. The third-order valence-corrected chi connectivity index (χ3v) is 6.90. The lowest BCUT2D eigenvalue weighted by atomic mass is 9.79. The van der Waals surface area contributed by atoms with Gasteiger partial charge < -0.3 is 14.4 Å². The van der Waals surface area contributed by atoms with Crippen molar-refractivity contribution in [1.82, 2.24) is 5.32 Å². The number of nitrogens with zero attached hydrogens (tertiary/aromatic N) is 2. The third kappa shape index (κ3) is 4.43. The van der Waals surface area contributed by atoms with E-state index < -0.39 is 17.8 Å². The van der Waals surface area contributed by atoms with Gasteiger partial charge in [-0.3, -0.25) is 14.9 Å². The van der Waals surface area contributed by atoms with Gasteiger partial charge in [-0.05, 0) is 74.1 Å². The van der Waals surface area contributed by atoms with E-state index in [0.29, 0.717) is 11.7 Å². The van der Waals surface area contributed by atoms with Gasteiger partial charge in [0.05, 0.1) is 19.9 Å². The van der Waals surface area contributed by atoms with E-state index in [1.807, 2.05) is 12.1 Å². The number of methoxy groups -OCH3 is 2. The van der Waals surface area contributed by atoms with Crippen LogP contribution in [0, 0.1) is 0 Å². The van der Waals surface area contributed by atoms with E-state index in [9.17, 15) is 14.4 Å². The normalized spacial score (nSPS) is 20.3. The highest BCUT2D eigenvalue weighted by Crippen LogP contribution is 2.44. The summed E-state index contributed by atoms with van der Waals surface area (Å²) in [6, 6.07) is 9.93. The molecule has 0 saturated carbocycles. The maximum atomic E-state index is 13.4. The third-order valence-electron chi connectivity index (χ3n) is 6.90. The number of urea groups is 1. The van der Waals surface area contributed by atoms with Gasteiger partial charge in [-0.25, -0.2) is 9.69 Å². The topological polar surface area (TPSA) is 88.2 Å². The number of imide groups is 2. The number of carbonyl (C=O) groups excluding carboxylic acids is 3. The molecule has 1 saturated heterocycles. The molecule has 2 aromatic rings. The number of nitrogens with one attached hydrogen (secondary N) is 1. The van der Waals surface area contributed by atoms with Crippen molar-refractivity contribution in [1.29, 1.82) is 0 Å². The van der Waals surface area contributed by atoms with E-state index in [2.05, 4.69) is 44.0 Å². The van der Waals surface area contributed by atoms with Crippen molar-refractivity contribution in [3.8, 4) is 11.5 Å². The number of anilines is 2. The number of ether oxygens (including phenoxy) is 2. The van der Waals surface area contributed by atoms with E-state index in [1.165, 1.54) is 25.5 Å². The summed E-state index contributed by atoms with van der Waals surface area (Å²) in [4.78, 5) is 42.2. The quantitative estimate of drug-likeness (QED) is 0.458. The van der Waals surface area contributed by atoms with Gasteiger partial charge in [0.25, 0.3) is 11.8 Å². The number of rotatable bonds is 6. The minimum Gasteiger partial charge on any atom is -0.497 e. The predicted molar refractivity (Wildman–Crippen MR) is 140 cm³/mol. The first-order valence-electron chi connectivity index (χ1n) is 12.2. The molecule has 1 unspecified atom stereocenters. The molecule has 2 aliphatic rings. The predicted octanol–water partition coefficient (Wildman–Crippen LogP) is 4.87. The first-order valence-corrected chi connectivity index (χ1v) is 12.2. The fourth-order valence-corrected chi connectivity index (χ4v) is 5.26. The number of carbonyl (C=O) groups is 3. The van der Waals surface area contributed by atoms with Crippen LogP contribution in [0.15, 0.2) is 42.0 Å². The van der Waals surface area contributed by atoms with Crippen LogP contribution in [-0.4, -0.2) is 44.1 Å². The standard InChI is InChI=1S/C28H33N3O5/c1-7-12-30-22-10-8-18(13-20(22)17(2)16-28(30,3)4)14-21-25(32)29-27(34)31(26(21)33)23-11-9-19(35-5)15-24(23)36-6/h8-11,13-15,17H,7,12,16H2,1-6H3,(H,29,32,34)/b21-14-. The molecule has 4 rings (SSSR count). The lowest BCUT2D eigenvalue weighted by Gasteiger charge is -2.47. The van der Waals surface area contributed by atoms with Crippen molar-refractivity contribution in [3.63, 3.8) is 0 Å². The summed E-state index contributed by atoms with van der Waals surface area (Å²) in [6.07, 6.45) is 3.58. The van der Waals surface area contributed by atoms with Gasteiger partial charge in [0.15, 0.2) is 0 Å². The van der Waals surface area contributed by atoms with Crippen LogP contribution in [0.5, 0.6) is 11.5 Å². The Labute approximate surface area is 211 Å². The maximum absolute atomic E-state index is 13.4. The Balaban J connectivity index is 1.73. The number of amides is 4. The Bertz CT molecular complexity index is 1250. The minimum absolute atomic E-state index is 0.0416. The fourth-order valence-electron chi connectivity index (χ4n) is 5.26. The van der Waals surface area contributed by atoms with Gasteiger partial charge >= 0.3 is 6.03 Å². The van der Waals surface area contributed by atoms with Crippen LogP contribution in [0.4, 0.5) is 16.2 Å². The number of fused-ring (bicyclic) bond motifs is 1. The summed E-state index contributed by atoms with van der Waals surface area (Å²) in [5, 5.41) is 2.28. The molecular weight excluding hydrogens is 458 g/mol. The highest BCUT2D eigenvalue weighted by atomic mass is 16.5. The van der Waals surface area contributed by atoms with Crippen molar-refractivity contribution in [3.05, 3.63) is 53.1 Å². The van der Waals surface area contributed by atoms with Crippen molar-refractivity contribution in [2.45, 2.75) is 52.0 Å². The minimum atomic E-state index is -0.831. The zero-order valence-corrected chi connectivity index (χ0v) is 21.7. The summed E-state index contributed by atoms with van der Waals surface area (Å²) in [7, 11) is 2.94. The lowest BCUT2D eigenvalue weighted by molar-refractivity contribution is -0.122. The van der Waals surface area contributed by atoms with Crippen molar-refractivity contribution in [2.75, 3.05) is 30.6 Å². The Morgan fingerprint density at radius 2 is 1.78 bits per heavy atom. The average molecular weight is 492 g/mol. The maximum Gasteiger partial charge on any atom is 0.336 e. The zero-order chi connectivity index (χ0) is 26.2. The molecule has 0 aromatic heterocycles. The Morgan fingerprint density at radius 3 is 2.44 bits per heavy atom. The molecule has 1 atom stereocenters. The molecule has 1 N–H and O–H groups in total. The Morgan fingerprint density at radius 1 is 1.06 bits per heavy atom. The summed E-state index contributed by atoms with van der Waals surface area (Å²) in [6.45, 7) is 9.86. The highest BCUT2D eigenvalue weighted by molar-refractivity contribution is 6.39. The van der Waals surface area contributed by atoms with Crippen molar-refractivity contribution in [2.24, 2.45) is 0 Å². The van der Waals surface area contributed by atoms with Gasteiger partial charge in [-0.2, -0.15) is 0 Å². The van der Waals surface area contributed by atoms with E-state index in [0.717, 1.165) is 29.8 Å². The molecule has 0 bridgehead atoms. The Hall–Kier alpha value is -3.81. The second-order valence-corrected chi connectivity index (χ2v) is 9.88. The van der Waals surface area contributed by atoms with Crippen LogP contribution in [0.3, 0.4) is 0 Å². The molecule has 0 spiro atoms. The van der Waals surface area contributed by atoms with Gasteiger partial charge in [0.2, 0.25) is 0 Å². The summed E-state index contributed by atoms with van der Waals surface area (Å²) >= 11 is 0. The highest BCUT2D eigenvalue weighted by Gasteiger charge is 2.39. The second kappa shape index (κ2) is 9.68. The largest absolute Gasteiger partial charge is 0.497 e. The number of hydrogen-bond acceptors (Lipinski definition) is 6. The molecule has 1 fully saturated rings. The SMILES string of the molecule is CCCN1c2ccc(/C=C3/C(=O)NC(=O)N(c4ccc(OC)cc4OC)C3=O)cc2C(C)CC1(C)C. The molecule has 190 valence electrons. The van der Waals surface area contributed by atoms with Crippen LogP contribution < -0.4 is 24.6 Å². The second-order valence-electron chi connectivity index (χ2n) is 9.88. The summed E-state index contributed by atoms with van der Waals surface area (Å²) in [5.41, 5.74) is 3.23. The molecular formula is C28H33N3O5. The van der Waals surface area contributed by atoms with Crippen LogP contribution >= 0.6 is 0 Å². The van der Waals surface area contributed by atoms with E-state index in [-0.39, 0.29) is 22.5 Å². The van der Waals surface area contributed by atoms with E-state index >= 15 is 0 Å². The zero-order valence-electron chi connectivity index (χ0n) is 21.7. The van der Waals surface area contributed by atoms with Crippen molar-refractivity contribution < 1.29 is 23.9 Å². The van der Waals surface area contributed by atoms with Gasteiger partial charge in [-0.1, -0.05) is 19.9 Å². The molecule has 2 aliphatic heterocycles. The molecule has 2 aromatic carbocycles. The van der Waals surface area contributed by atoms with Gasteiger partial charge in [-0.15, -0.1) is 0 Å². The van der Waals surface area contributed by atoms with Crippen LogP contribution in [0.25, 0.3) is 6.08 Å². The Kier molecular flexibility index (Phi) is 6.80. The average Bonchev–Trinajstić information content (AvgIpc) is 2.84. The first kappa shape index (κ1) is 25.3. The molecule has 0 aliphatic carbocycles. The van der Waals surface area contributed by atoms with Crippen LogP contribution in [-0.2, 0) is 9.59 Å².